The molecular formula is C16H23N3O. The zero-order valence-corrected chi connectivity index (χ0v) is 12.0. The number of anilines is 2. The van der Waals surface area contributed by atoms with E-state index in [4.69, 9.17) is 0 Å². The maximum atomic E-state index is 12.2. The number of carbonyl (C=O) groups is 1. The van der Waals surface area contributed by atoms with Gasteiger partial charge in [-0.15, -0.1) is 0 Å². The largest absolute Gasteiger partial charge is 0.370 e. The molecule has 2 aliphatic rings. The summed E-state index contributed by atoms with van der Waals surface area (Å²) in [5.74, 6) is 0.110. The molecule has 0 saturated carbocycles. The van der Waals surface area contributed by atoms with Gasteiger partial charge in [0.1, 0.15) is 0 Å². The molecule has 3 rings (SSSR count). The molecule has 0 atom stereocenters. The number of nitrogens with one attached hydrogen (secondary N) is 1. The average molecular weight is 273 g/mol. The molecule has 20 heavy (non-hydrogen) atoms. The Morgan fingerprint density at radius 3 is 2.40 bits per heavy atom. The van der Waals surface area contributed by atoms with Gasteiger partial charge in [0.25, 0.3) is 0 Å². The second-order valence-corrected chi connectivity index (χ2v) is 5.74. The minimum atomic E-state index is 0.110. The van der Waals surface area contributed by atoms with Crippen molar-refractivity contribution >= 4 is 17.3 Å². The molecule has 0 radical (unpaired) electrons. The first-order valence-corrected chi connectivity index (χ1v) is 7.69. The smallest absolute Gasteiger partial charge is 0.238 e. The van der Waals surface area contributed by atoms with Gasteiger partial charge in [-0.25, -0.2) is 0 Å². The molecule has 0 spiro atoms. The lowest BCUT2D eigenvalue weighted by molar-refractivity contribution is -0.117. The quantitative estimate of drug-likeness (QED) is 0.914. The van der Waals surface area contributed by atoms with Crippen LogP contribution >= 0.6 is 0 Å². The zero-order valence-electron chi connectivity index (χ0n) is 12.0. The van der Waals surface area contributed by atoms with Crippen molar-refractivity contribution in [3.63, 3.8) is 0 Å². The average Bonchev–Trinajstić information content (AvgIpc) is 3.11. The Balaban J connectivity index is 1.65. The summed E-state index contributed by atoms with van der Waals surface area (Å²) in [7, 11) is 0. The number of rotatable bonds is 4. The summed E-state index contributed by atoms with van der Waals surface area (Å²) >= 11 is 0. The van der Waals surface area contributed by atoms with Gasteiger partial charge in [0.05, 0.1) is 17.9 Å². The summed E-state index contributed by atoms with van der Waals surface area (Å²) < 4.78 is 0. The molecule has 2 fully saturated rings. The number of carbonyl (C=O) groups excluding carboxylic acids is 1. The zero-order chi connectivity index (χ0) is 13.8. The molecule has 1 aromatic rings. The fraction of sp³-hybridized carbons (Fsp3) is 0.562. The van der Waals surface area contributed by atoms with Crippen molar-refractivity contribution in [2.45, 2.75) is 25.7 Å². The molecule has 1 N–H and O–H groups in total. The van der Waals surface area contributed by atoms with E-state index in [0.29, 0.717) is 6.54 Å². The minimum Gasteiger partial charge on any atom is -0.370 e. The van der Waals surface area contributed by atoms with Crippen LogP contribution in [0.3, 0.4) is 0 Å². The highest BCUT2D eigenvalue weighted by Gasteiger charge is 2.18. The van der Waals surface area contributed by atoms with E-state index in [-0.39, 0.29) is 5.91 Å². The highest BCUT2D eigenvalue weighted by molar-refractivity contribution is 5.95. The number of likely N-dealkylation sites (tertiary alicyclic amines) is 1. The maximum Gasteiger partial charge on any atom is 0.238 e. The molecule has 0 aliphatic carbocycles. The van der Waals surface area contributed by atoms with E-state index in [1.54, 1.807) is 0 Å². The third-order valence-electron chi connectivity index (χ3n) is 4.19. The molecule has 4 heteroatoms. The van der Waals surface area contributed by atoms with Gasteiger partial charge in [-0.1, -0.05) is 12.1 Å². The van der Waals surface area contributed by atoms with Crippen LogP contribution in [0.2, 0.25) is 0 Å². The van der Waals surface area contributed by atoms with Gasteiger partial charge >= 0.3 is 0 Å². The van der Waals surface area contributed by atoms with Gasteiger partial charge in [0, 0.05) is 13.1 Å². The van der Waals surface area contributed by atoms with E-state index >= 15 is 0 Å². The molecule has 4 nitrogen and oxygen atoms in total. The first-order chi connectivity index (χ1) is 9.83. The van der Waals surface area contributed by atoms with Gasteiger partial charge in [-0.2, -0.15) is 0 Å². The lowest BCUT2D eigenvalue weighted by atomic mass is 10.2. The molecule has 2 aliphatic heterocycles. The van der Waals surface area contributed by atoms with Crippen molar-refractivity contribution in [1.29, 1.82) is 0 Å². The monoisotopic (exact) mass is 273 g/mol. The lowest BCUT2D eigenvalue weighted by Crippen LogP contribution is -2.31. The van der Waals surface area contributed by atoms with Crippen molar-refractivity contribution in [1.82, 2.24) is 4.90 Å². The predicted octanol–water partition coefficient (Wildman–Crippen LogP) is 2.32. The first kappa shape index (κ1) is 13.4. The van der Waals surface area contributed by atoms with Crippen molar-refractivity contribution in [2.75, 3.05) is 42.9 Å². The third kappa shape index (κ3) is 3.12. The Hall–Kier alpha value is -1.55. The fourth-order valence-corrected chi connectivity index (χ4v) is 3.15. The normalized spacial score (nSPS) is 19.5. The van der Waals surface area contributed by atoms with Crippen LogP contribution < -0.4 is 10.2 Å². The number of benzene rings is 1. The number of para-hydroxylation sites is 2. The Kier molecular flexibility index (Phi) is 4.21. The van der Waals surface area contributed by atoms with Gasteiger partial charge in [0.15, 0.2) is 0 Å². The molecule has 1 amide bonds. The van der Waals surface area contributed by atoms with Crippen LogP contribution in [0.4, 0.5) is 11.4 Å². The summed E-state index contributed by atoms with van der Waals surface area (Å²) in [4.78, 5) is 16.8. The van der Waals surface area contributed by atoms with Gasteiger partial charge in [0.2, 0.25) is 5.91 Å². The minimum absolute atomic E-state index is 0.110. The molecule has 0 aromatic heterocycles. The number of hydrogen-bond acceptors (Lipinski definition) is 3. The van der Waals surface area contributed by atoms with Gasteiger partial charge < -0.3 is 10.2 Å². The second-order valence-electron chi connectivity index (χ2n) is 5.74. The number of amides is 1. The van der Waals surface area contributed by atoms with E-state index in [0.717, 1.165) is 31.9 Å². The molecule has 2 heterocycles. The van der Waals surface area contributed by atoms with Crippen molar-refractivity contribution in [3.05, 3.63) is 24.3 Å². The molecule has 0 bridgehead atoms. The summed E-state index contributed by atoms with van der Waals surface area (Å²) in [6, 6.07) is 8.15. The van der Waals surface area contributed by atoms with Crippen LogP contribution in [-0.4, -0.2) is 43.5 Å². The topological polar surface area (TPSA) is 35.6 Å². The van der Waals surface area contributed by atoms with E-state index in [1.165, 1.54) is 31.4 Å². The predicted molar refractivity (Wildman–Crippen MR) is 82.2 cm³/mol. The summed E-state index contributed by atoms with van der Waals surface area (Å²) in [6.07, 6.45) is 4.93. The van der Waals surface area contributed by atoms with Gasteiger partial charge in [-0.05, 0) is 50.9 Å². The van der Waals surface area contributed by atoms with Crippen molar-refractivity contribution < 1.29 is 4.79 Å². The van der Waals surface area contributed by atoms with E-state index in [1.807, 2.05) is 18.2 Å². The Labute approximate surface area is 120 Å². The van der Waals surface area contributed by atoms with Crippen molar-refractivity contribution in [3.8, 4) is 0 Å². The highest BCUT2D eigenvalue weighted by atomic mass is 16.2. The van der Waals surface area contributed by atoms with Crippen molar-refractivity contribution in [2.24, 2.45) is 0 Å². The van der Waals surface area contributed by atoms with Gasteiger partial charge in [-0.3, -0.25) is 9.69 Å². The Morgan fingerprint density at radius 1 is 1.00 bits per heavy atom. The fourth-order valence-electron chi connectivity index (χ4n) is 3.15. The SMILES string of the molecule is O=C(CN1CCCC1)Nc1ccccc1N1CCCC1. The molecule has 1 aromatic carbocycles. The lowest BCUT2D eigenvalue weighted by Gasteiger charge is -2.22. The van der Waals surface area contributed by atoms with Crippen LogP contribution in [0.25, 0.3) is 0 Å². The molecule has 108 valence electrons. The molecular weight excluding hydrogens is 250 g/mol. The van der Waals surface area contributed by atoms with E-state index in [2.05, 4.69) is 21.2 Å². The number of hydrogen-bond donors (Lipinski definition) is 1. The Morgan fingerprint density at radius 2 is 1.65 bits per heavy atom. The third-order valence-corrected chi connectivity index (χ3v) is 4.19. The van der Waals surface area contributed by atoms with Crippen LogP contribution in [-0.2, 0) is 4.79 Å². The molecule has 2 saturated heterocycles. The summed E-state index contributed by atoms with van der Waals surface area (Å²) in [5, 5.41) is 3.09. The van der Waals surface area contributed by atoms with Crippen LogP contribution in [0, 0.1) is 0 Å². The summed E-state index contributed by atoms with van der Waals surface area (Å²) in [6.45, 7) is 4.83. The van der Waals surface area contributed by atoms with E-state index < -0.39 is 0 Å². The first-order valence-electron chi connectivity index (χ1n) is 7.69. The highest BCUT2D eigenvalue weighted by Crippen LogP contribution is 2.28. The van der Waals surface area contributed by atoms with Crippen LogP contribution in [0.5, 0.6) is 0 Å². The molecule has 0 unspecified atom stereocenters. The van der Waals surface area contributed by atoms with Crippen LogP contribution in [0.1, 0.15) is 25.7 Å². The second kappa shape index (κ2) is 6.27. The number of nitrogens with zero attached hydrogens (tertiary/aromatic N) is 2. The van der Waals surface area contributed by atoms with E-state index in [9.17, 15) is 4.79 Å². The summed E-state index contributed by atoms with van der Waals surface area (Å²) in [5.41, 5.74) is 2.12. The maximum absolute atomic E-state index is 12.2. The standard InChI is InChI=1S/C16H23N3O/c20-16(13-18-9-3-4-10-18)17-14-7-1-2-8-15(14)19-11-5-6-12-19/h1-2,7-8H,3-6,9-13H2,(H,17,20). The van der Waals surface area contributed by atoms with Crippen LogP contribution in [0.15, 0.2) is 24.3 Å². The Bertz CT molecular complexity index is 463.